The lowest BCUT2D eigenvalue weighted by atomic mass is 10.1. The molecule has 1 aromatic carbocycles. The summed E-state index contributed by atoms with van der Waals surface area (Å²) in [6.45, 7) is 1.42. The van der Waals surface area contributed by atoms with Crippen molar-refractivity contribution in [2.24, 2.45) is 0 Å². The van der Waals surface area contributed by atoms with Crippen LogP contribution in [0.2, 0.25) is 0 Å². The molecule has 0 bridgehead atoms. The second-order valence-corrected chi connectivity index (χ2v) is 9.06. The first-order valence-corrected chi connectivity index (χ1v) is 9.45. The van der Waals surface area contributed by atoms with E-state index in [-0.39, 0.29) is 4.83 Å². The van der Waals surface area contributed by atoms with Crippen molar-refractivity contribution in [3.8, 4) is 11.5 Å². The highest BCUT2D eigenvalue weighted by Gasteiger charge is 2.19. The van der Waals surface area contributed by atoms with Gasteiger partial charge in [-0.1, -0.05) is 22.0 Å². The third kappa shape index (κ3) is 3.08. The Labute approximate surface area is 146 Å². The van der Waals surface area contributed by atoms with Crippen molar-refractivity contribution < 1.29 is 9.47 Å². The number of rotatable bonds is 2. The number of hydrogen-bond acceptors (Lipinski definition) is 3. The Bertz CT molecular complexity index is 627. The summed E-state index contributed by atoms with van der Waals surface area (Å²) in [5, 5.41) is 0. The zero-order valence-corrected chi connectivity index (χ0v) is 15.9. The maximum Gasteiger partial charge on any atom is 0.161 e. The Kier molecular flexibility index (Phi) is 4.75. The molecule has 2 heterocycles. The van der Waals surface area contributed by atoms with Gasteiger partial charge in [0.2, 0.25) is 0 Å². The van der Waals surface area contributed by atoms with E-state index >= 15 is 0 Å². The van der Waals surface area contributed by atoms with Crippen LogP contribution in [0.25, 0.3) is 0 Å². The monoisotopic (exact) mass is 480 g/mol. The first-order valence-electron chi connectivity index (χ1n) is 6.13. The summed E-state index contributed by atoms with van der Waals surface area (Å²) in [7, 11) is 0. The molecule has 2 aromatic rings. The number of halogens is 3. The predicted octanol–water partition coefficient (Wildman–Crippen LogP) is 5.92. The zero-order valence-electron chi connectivity index (χ0n) is 10.4. The van der Waals surface area contributed by atoms with Gasteiger partial charge in [-0.3, -0.25) is 0 Å². The van der Waals surface area contributed by atoms with Crippen molar-refractivity contribution in [3.05, 3.63) is 43.0 Å². The van der Waals surface area contributed by atoms with Crippen LogP contribution >= 0.6 is 59.1 Å². The molecule has 1 unspecified atom stereocenters. The number of hydrogen-bond donors (Lipinski definition) is 0. The Morgan fingerprint density at radius 1 is 1.05 bits per heavy atom. The highest BCUT2D eigenvalue weighted by atomic mass is 79.9. The van der Waals surface area contributed by atoms with E-state index < -0.39 is 0 Å². The van der Waals surface area contributed by atoms with E-state index in [9.17, 15) is 0 Å². The molecular formula is C14H11Br3O2S. The van der Waals surface area contributed by atoms with Crippen LogP contribution in [0.5, 0.6) is 11.5 Å². The lowest BCUT2D eigenvalue weighted by Gasteiger charge is -2.13. The zero-order chi connectivity index (χ0) is 14.1. The lowest BCUT2D eigenvalue weighted by molar-refractivity contribution is 0.297. The second-order valence-electron chi connectivity index (χ2n) is 4.40. The quantitative estimate of drug-likeness (QED) is 0.495. The Hall–Kier alpha value is -0.0400. The molecule has 0 radical (unpaired) electrons. The summed E-state index contributed by atoms with van der Waals surface area (Å²) in [4.78, 5) is 0.122. The SMILES string of the molecule is Brc1cc(C(Br)c2ccc3c(c2)OCCCO3)c(Br)s1. The minimum Gasteiger partial charge on any atom is -0.490 e. The molecule has 6 heteroatoms. The molecule has 0 fully saturated rings. The van der Waals surface area contributed by atoms with E-state index in [4.69, 9.17) is 9.47 Å². The first kappa shape index (κ1) is 14.9. The number of benzene rings is 1. The minimum absolute atomic E-state index is 0.122. The van der Waals surface area contributed by atoms with Gasteiger partial charge in [-0.15, -0.1) is 11.3 Å². The average molecular weight is 483 g/mol. The smallest absolute Gasteiger partial charge is 0.161 e. The van der Waals surface area contributed by atoms with Gasteiger partial charge >= 0.3 is 0 Å². The summed E-state index contributed by atoms with van der Waals surface area (Å²) in [6, 6.07) is 8.24. The third-order valence-corrected chi connectivity index (χ3v) is 6.43. The van der Waals surface area contributed by atoms with Gasteiger partial charge in [0, 0.05) is 6.42 Å². The van der Waals surface area contributed by atoms with Crippen molar-refractivity contribution in [3.63, 3.8) is 0 Å². The lowest BCUT2D eigenvalue weighted by Crippen LogP contribution is -1.97. The minimum atomic E-state index is 0.122. The van der Waals surface area contributed by atoms with E-state index in [1.807, 2.05) is 6.07 Å². The van der Waals surface area contributed by atoms with Crippen LogP contribution < -0.4 is 9.47 Å². The number of thiophene rings is 1. The van der Waals surface area contributed by atoms with Crippen LogP contribution in [0.3, 0.4) is 0 Å². The summed E-state index contributed by atoms with van der Waals surface area (Å²) in [6.07, 6.45) is 0.921. The maximum absolute atomic E-state index is 5.75. The third-order valence-electron chi connectivity index (χ3n) is 3.02. The fourth-order valence-corrected chi connectivity index (χ4v) is 6.05. The molecule has 1 aliphatic heterocycles. The molecule has 0 aliphatic carbocycles. The molecule has 0 N–H and O–H groups in total. The van der Waals surface area contributed by atoms with Crippen LogP contribution in [0.15, 0.2) is 31.8 Å². The second kappa shape index (κ2) is 6.38. The molecule has 0 saturated heterocycles. The highest BCUT2D eigenvalue weighted by molar-refractivity contribution is 9.12. The van der Waals surface area contributed by atoms with E-state index in [1.54, 1.807) is 11.3 Å². The summed E-state index contributed by atoms with van der Waals surface area (Å²) >= 11 is 12.6. The molecule has 0 spiro atoms. The Morgan fingerprint density at radius 2 is 1.80 bits per heavy atom. The molecule has 0 saturated carbocycles. The first-order chi connectivity index (χ1) is 9.65. The maximum atomic E-state index is 5.75. The normalized spacial score (nSPS) is 15.8. The molecule has 1 atom stereocenters. The molecule has 0 amide bonds. The van der Waals surface area contributed by atoms with Crippen molar-refractivity contribution in [2.45, 2.75) is 11.2 Å². The van der Waals surface area contributed by atoms with Gasteiger partial charge in [0.1, 0.15) is 0 Å². The molecule has 106 valence electrons. The Morgan fingerprint density at radius 3 is 2.50 bits per heavy atom. The van der Waals surface area contributed by atoms with Crippen molar-refractivity contribution in [2.75, 3.05) is 13.2 Å². The molecule has 1 aliphatic rings. The van der Waals surface area contributed by atoms with Crippen LogP contribution in [-0.4, -0.2) is 13.2 Å². The number of fused-ring (bicyclic) bond motifs is 1. The topological polar surface area (TPSA) is 18.5 Å². The average Bonchev–Trinajstić information content (AvgIpc) is 2.65. The van der Waals surface area contributed by atoms with E-state index in [2.05, 4.69) is 66.0 Å². The van der Waals surface area contributed by atoms with Crippen LogP contribution in [-0.2, 0) is 0 Å². The van der Waals surface area contributed by atoms with Crippen molar-refractivity contribution in [1.82, 2.24) is 0 Å². The van der Waals surface area contributed by atoms with Gasteiger partial charge in [-0.25, -0.2) is 0 Å². The van der Waals surface area contributed by atoms with Gasteiger partial charge in [0.25, 0.3) is 0 Å². The van der Waals surface area contributed by atoms with Crippen molar-refractivity contribution >= 4 is 59.1 Å². The Balaban J connectivity index is 1.94. The van der Waals surface area contributed by atoms with Gasteiger partial charge in [0.05, 0.1) is 25.6 Å². The van der Waals surface area contributed by atoms with E-state index in [1.165, 1.54) is 5.56 Å². The molecular weight excluding hydrogens is 472 g/mol. The number of alkyl halides is 1. The van der Waals surface area contributed by atoms with Gasteiger partial charge in [0.15, 0.2) is 11.5 Å². The molecule has 3 rings (SSSR count). The van der Waals surface area contributed by atoms with Gasteiger partial charge in [-0.05, 0) is 61.2 Å². The molecule has 1 aromatic heterocycles. The molecule has 20 heavy (non-hydrogen) atoms. The van der Waals surface area contributed by atoms with Crippen LogP contribution in [0.1, 0.15) is 22.4 Å². The number of ether oxygens (including phenoxy) is 2. The van der Waals surface area contributed by atoms with Crippen molar-refractivity contribution in [1.29, 1.82) is 0 Å². The summed E-state index contributed by atoms with van der Waals surface area (Å²) in [5.74, 6) is 1.66. The molecule has 2 nitrogen and oxygen atoms in total. The van der Waals surface area contributed by atoms with Gasteiger partial charge < -0.3 is 9.47 Å². The fraction of sp³-hybridized carbons (Fsp3) is 0.286. The highest BCUT2D eigenvalue weighted by Crippen LogP contribution is 2.43. The van der Waals surface area contributed by atoms with E-state index in [0.717, 1.165) is 31.1 Å². The summed E-state index contributed by atoms with van der Waals surface area (Å²) in [5.41, 5.74) is 2.36. The van der Waals surface area contributed by atoms with E-state index in [0.29, 0.717) is 13.2 Å². The van der Waals surface area contributed by atoms with Crippen LogP contribution in [0, 0.1) is 0 Å². The summed E-state index contributed by atoms with van der Waals surface area (Å²) < 4.78 is 13.6. The largest absolute Gasteiger partial charge is 0.490 e. The predicted molar refractivity (Wildman–Crippen MR) is 92.5 cm³/mol. The van der Waals surface area contributed by atoms with Gasteiger partial charge in [-0.2, -0.15) is 0 Å². The standard InChI is InChI=1S/C14H11Br3O2S/c15-12-7-9(14(17)20-12)13(16)8-2-3-10-11(6-8)19-5-1-4-18-10/h2-3,6-7,13H,1,4-5H2. The fourth-order valence-electron chi connectivity index (χ4n) is 2.04. The van der Waals surface area contributed by atoms with Crippen LogP contribution in [0.4, 0.5) is 0 Å².